The van der Waals surface area contributed by atoms with E-state index in [9.17, 15) is 4.79 Å². The summed E-state index contributed by atoms with van der Waals surface area (Å²) >= 11 is 2.98. The molecule has 0 aliphatic heterocycles. The van der Waals surface area contributed by atoms with Crippen molar-refractivity contribution in [2.75, 3.05) is 19.5 Å². The van der Waals surface area contributed by atoms with Gasteiger partial charge < -0.3 is 14.8 Å². The van der Waals surface area contributed by atoms with E-state index in [0.29, 0.717) is 22.5 Å². The highest BCUT2D eigenvalue weighted by Crippen LogP contribution is 2.35. The first-order valence-electron chi connectivity index (χ1n) is 9.96. The highest BCUT2D eigenvalue weighted by molar-refractivity contribution is 7.15. The lowest BCUT2D eigenvalue weighted by Crippen LogP contribution is -2.14. The molecule has 4 rings (SSSR count). The van der Waals surface area contributed by atoms with Crippen LogP contribution in [0.5, 0.6) is 11.5 Å². The molecule has 9 heteroatoms. The van der Waals surface area contributed by atoms with Gasteiger partial charge in [0.15, 0.2) is 11.5 Å². The molecule has 1 N–H and O–H groups in total. The van der Waals surface area contributed by atoms with Gasteiger partial charge in [-0.25, -0.2) is 4.98 Å². The second kappa shape index (κ2) is 9.53. The van der Waals surface area contributed by atoms with Gasteiger partial charge in [0.25, 0.3) is 0 Å². The van der Waals surface area contributed by atoms with Crippen molar-refractivity contribution in [1.29, 1.82) is 0 Å². The topological polar surface area (TPSA) is 86.2 Å². The first-order chi connectivity index (χ1) is 14.7. The van der Waals surface area contributed by atoms with E-state index in [1.54, 1.807) is 14.2 Å². The maximum absolute atomic E-state index is 12.5. The van der Waals surface area contributed by atoms with E-state index >= 15 is 0 Å². The second-order valence-electron chi connectivity index (χ2n) is 7.22. The third-order valence-electron chi connectivity index (χ3n) is 5.17. The summed E-state index contributed by atoms with van der Waals surface area (Å²) in [6.07, 6.45) is 6.33. The molecule has 30 heavy (non-hydrogen) atoms. The van der Waals surface area contributed by atoms with Crippen LogP contribution in [0.25, 0.3) is 10.6 Å². The summed E-state index contributed by atoms with van der Waals surface area (Å²) in [5.74, 6) is 1.67. The molecule has 0 atom stereocenters. The predicted molar refractivity (Wildman–Crippen MR) is 119 cm³/mol. The SMILES string of the molecule is COc1ccc(-c2nc(CC(=O)Nc3nnc(C4CCCCC4)s3)cs2)cc1OC. The number of carbonyl (C=O) groups is 1. The minimum Gasteiger partial charge on any atom is -0.493 e. The van der Waals surface area contributed by atoms with Crippen LogP contribution in [0.4, 0.5) is 5.13 Å². The highest BCUT2D eigenvalue weighted by Gasteiger charge is 2.20. The van der Waals surface area contributed by atoms with Gasteiger partial charge in [-0.05, 0) is 31.0 Å². The van der Waals surface area contributed by atoms with Gasteiger partial charge in [-0.3, -0.25) is 4.79 Å². The number of carbonyl (C=O) groups excluding carboxylic acids is 1. The Morgan fingerprint density at radius 2 is 1.93 bits per heavy atom. The molecule has 0 spiro atoms. The zero-order valence-electron chi connectivity index (χ0n) is 17.0. The lowest BCUT2D eigenvalue weighted by molar-refractivity contribution is -0.115. The van der Waals surface area contributed by atoms with Crippen molar-refractivity contribution in [3.05, 3.63) is 34.3 Å². The van der Waals surface area contributed by atoms with Crippen molar-refractivity contribution < 1.29 is 14.3 Å². The largest absolute Gasteiger partial charge is 0.493 e. The Labute approximate surface area is 183 Å². The maximum Gasteiger partial charge on any atom is 0.232 e. The number of amides is 1. The van der Waals surface area contributed by atoms with Gasteiger partial charge in [-0.15, -0.1) is 21.5 Å². The van der Waals surface area contributed by atoms with Crippen LogP contribution in [0.1, 0.15) is 48.7 Å². The molecular weight excluding hydrogens is 420 g/mol. The molecule has 0 unspecified atom stereocenters. The monoisotopic (exact) mass is 444 g/mol. The van der Waals surface area contributed by atoms with E-state index in [1.807, 2.05) is 23.6 Å². The Bertz CT molecular complexity index is 1010. The van der Waals surface area contributed by atoms with Gasteiger partial charge >= 0.3 is 0 Å². The summed E-state index contributed by atoms with van der Waals surface area (Å²) in [5.41, 5.74) is 1.64. The van der Waals surface area contributed by atoms with E-state index < -0.39 is 0 Å². The molecule has 1 aromatic carbocycles. The number of methoxy groups -OCH3 is 2. The molecule has 0 bridgehead atoms. The van der Waals surface area contributed by atoms with Crippen LogP contribution in [-0.4, -0.2) is 35.3 Å². The number of ether oxygens (including phenoxy) is 2. The standard InChI is InChI=1S/C21H24N4O3S2/c1-27-16-9-8-14(10-17(16)28-2)19-22-15(12-29-19)11-18(26)23-21-25-24-20(30-21)13-6-4-3-5-7-13/h8-10,12-13H,3-7,11H2,1-2H3,(H,23,25,26). The molecule has 7 nitrogen and oxygen atoms in total. The van der Waals surface area contributed by atoms with Gasteiger partial charge in [0.2, 0.25) is 11.0 Å². The average molecular weight is 445 g/mol. The molecule has 1 saturated carbocycles. The van der Waals surface area contributed by atoms with Gasteiger partial charge in [-0.1, -0.05) is 30.6 Å². The molecule has 1 aliphatic rings. The molecule has 1 aliphatic carbocycles. The number of benzene rings is 1. The fourth-order valence-corrected chi connectivity index (χ4v) is 5.36. The Morgan fingerprint density at radius 1 is 1.13 bits per heavy atom. The molecule has 3 aromatic rings. The highest BCUT2D eigenvalue weighted by atomic mass is 32.1. The van der Waals surface area contributed by atoms with E-state index in [2.05, 4.69) is 20.5 Å². The third-order valence-corrected chi connectivity index (χ3v) is 7.11. The van der Waals surface area contributed by atoms with Crippen molar-refractivity contribution in [2.45, 2.75) is 44.4 Å². The van der Waals surface area contributed by atoms with Crippen LogP contribution in [0, 0.1) is 0 Å². The fraction of sp³-hybridized carbons (Fsp3) is 0.429. The minimum absolute atomic E-state index is 0.134. The molecular formula is C21H24N4O3S2. The summed E-state index contributed by atoms with van der Waals surface area (Å²) in [6, 6.07) is 5.66. The molecule has 1 fully saturated rings. The lowest BCUT2D eigenvalue weighted by atomic mass is 9.90. The van der Waals surface area contributed by atoms with Crippen LogP contribution in [0.3, 0.4) is 0 Å². The number of nitrogens with one attached hydrogen (secondary N) is 1. The second-order valence-corrected chi connectivity index (χ2v) is 9.09. The van der Waals surface area contributed by atoms with E-state index in [1.165, 1.54) is 54.8 Å². The van der Waals surface area contributed by atoms with Crippen molar-refractivity contribution in [3.63, 3.8) is 0 Å². The third kappa shape index (κ3) is 4.79. The smallest absolute Gasteiger partial charge is 0.232 e. The zero-order valence-corrected chi connectivity index (χ0v) is 18.6. The van der Waals surface area contributed by atoms with Crippen LogP contribution >= 0.6 is 22.7 Å². The summed E-state index contributed by atoms with van der Waals surface area (Å²) in [5, 5.41) is 15.6. The minimum atomic E-state index is -0.134. The number of hydrogen-bond acceptors (Lipinski definition) is 8. The van der Waals surface area contributed by atoms with Gasteiger partial charge in [-0.2, -0.15) is 0 Å². The van der Waals surface area contributed by atoms with Gasteiger partial charge in [0, 0.05) is 16.9 Å². The molecule has 0 radical (unpaired) electrons. The Balaban J connectivity index is 1.38. The summed E-state index contributed by atoms with van der Waals surface area (Å²) in [7, 11) is 3.21. The Kier molecular flexibility index (Phi) is 6.59. The van der Waals surface area contributed by atoms with Crippen LogP contribution < -0.4 is 14.8 Å². The summed E-state index contributed by atoms with van der Waals surface area (Å²) < 4.78 is 10.6. The number of hydrogen-bond donors (Lipinski definition) is 1. The molecule has 2 heterocycles. The number of anilines is 1. The Morgan fingerprint density at radius 3 is 2.70 bits per heavy atom. The quantitative estimate of drug-likeness (QED) is 0.557. The first-order valence-corrected chi connectivity index (χ1v) is 11.7. The normalized spacial score (nSPS) is 14.5. The average Bonchev–Trinajstić information content (AvgIpc) is 3.43. The van der Waals surface area contributed by atoms with Crippen LogP contribution in [0.2, 0.25) is 0 Å². The van der Waals surface area contributed by atoms with Crippen LogP contribution in [0.15, 0.2) is 23.6 Å². The van der Waals surface area contributed by atoms with Crippen molar-refractivity contribution >= 4 is 33.7 Å². The van der Waals surface area contributed by atoms with Gasteiger partial charge in [0.1, 0.15) is 10.0 Å². The summed E-state index contributed by atoms with van der Waals surface area (Å²) in [6.45, 7) is 0. The van der Waals surface area contributed by atoms with Crippen molar-refractivity contribution in [3.8, 4) is 22.1 Å². The van der Waals surface area contributed by atoms with Gasteiger partial charge in [0.05, 0.1) is 26.3 Å². The predicted octanol–water partition coefficient (Wildman–Crippen LogP) is 4.91. The number of nitrogens with zero attached hydrogens (tertiary/aromatic N) is 3. The zero-order chi connectivity index (χ0) is 20.9. The number of rotatable bonds is 7. The van der Waals surface area contributed by atoms with Crippen LogP contribution in [-0.2, 0) is 11.2 Å². The first kappa shape index (κ1) is 20.7. The Hall–Kier alpha value is -2.52. The fourth-order valence-electron chi connectivity index (χ4n) is 3.62. The maximum atomic E-state index is 12.5. The molecule has 0 saturated heterocycles. The lowest BCUT2D eigenvalue weighted by Gasteiger charge is -2.18. The van der Waals surface area contributed by atoms with Crippen molar-refractivity contribution in [2.24, 2.45) is 0 Å². The molecule has 2 aromatic heterocycles. The van der Waals surface area contributed by atoms with E-state index in [-0.39, 0.29) is 12.3 Å². The molecule has 1 amide bonds. The van der Waals surface area contributed by atoms with Crippen molar-refractivity contribution in [1.82, 2.24) is 15.2 Å². The number of thiazole rings is 1. The molecule has 158 valence electrons. The van der Waals surface area contributed by atoms with E-state index in [0.717, 1.165) is 21.3 Å². The summed E-state index contributed by atoms with van der Waals surface area (Å²) in [4.78, 5) is 17.1. The number of aromatic nitrogens is 3. The van der Waals surface area contributed by atoms with E-state index in [4.69, 9.17) is 9.47 Å².